The van der Waals surface area contributed by atoms with Crippen LogP contribution in [0.15, 0.2) is 65.8 Å². The van der Waals surface area contributed by atoms with Crippen molar-refractivity contribution in [3.63, 3.8) is 0 Å². The maximum Gasteiger partial charge on any atom is 0.272 e. The van der Waals surface area contributed by atoms with Crippen LogP contribution in [0.2, 0.25) is 15.1 Å². The highest BCUT2D eigenvalue weighted by Crippen LogP contribution is 2.28. The number of carbonyl (C=O) groups is 1. The Morgan fingerprint density at radius 2 is 1.70 bits per heavy atom. The van der Waals surface area contributed by atoms with Crippen LogP contribution in [0, 0.1) is 0 Å². The molecule has 30 heavy (non-hydrogen) atoms. The van der Waals surface area contributed by atoms with Crippen molar-refractivity contribution < 1.29 is 14.3 Å². The van der Waals surface area contributed by atoms with Crippen LogP contribution < -0.4 is 14.9 Å². The molecule has 154 valence electrons. The molecule has 0 atom stereocenters. The number of nitrogens with zero attached hydrogens (tertiary/aromatic N) is 1. The molecule has 0 aromatic heterocycles. The fourth-order valence-corrected chi connectivity index (χ4v) is 3.15. The molecule has 0 heterocycles. The summed E-state index contributed by atoms with van der Waals surface area (Å²) in [7, 11) is 1.55. The topological polar surface area (TPSA) is 59.9 Å². The molecule has 0 aliphatic carbocycles. The summed E-state index contributed by atoms with van der Waals surface area (Å²) >= 11 is 17.8. The van der Waals surface area contributed by atoms with Crippen molar-refractivity contribution in [3.8, 4) is 11.5 Å². The lowest BCUT2D eigenvalue weighted by molar-refractivity contribution is 0.0955. The monoisotopic (exact) mass is 462 g/mol. The fourth-order valence-electron chi connectivity index (χ4n) is 2.52. The van der Waals surface area contributed by atoms with Gasteiger partial charge in [-0.25, -0.2) is 5.43 Å². The standard InChI is InChI=1S/C22H17Cl3N2O3/c1-29-21-10-15(4-9-20(21)30-13-14-2-5-16(23)6-3-14)12-26-27-22(28)18-8-7-17(24)11-19(18)25/h2-12H,13H2,1H3,(H,27,28). The zero-order valence-corrected chi connectivity index (χ0v) is 18.1. The molecule has 5 nitrogen and oxygen atoms in total. The normalized spacial score (nSPS) is 10.8. The van der Waals surface area contributed by atoms with Gasteiger partial charge in [0, 0.05) is 10.0 Å². The Hall–Kier alpha value is -2.73. The summed E-state index contributed by atoms with van der Waals surface area (Å²) in [6.07, 6.45) is 1.49. The Morgan fingerprint density at radius 1 is 0.967 bits per heavy atom. The highest BCUT2D eigenvalue weighted by Gasteiger charge is 2.10. The summed E-state index contributed by atoms with van der Waals surface area (Å²) in [6, 6.07) is 17.3. The molecule has 0 bridgehead atoms. The van der Waals surface area contributed by atoms with Crippen LogP contribution >= 0.6 is 34.8 Å². The number of amides is 1. The molecule has 1 N–H and O–H groups in total. The number of rotatable bonds is 7. The van der Waals surface area contributed by atoms with Gasteiger partial charge in [-0.1, -0.05) is 46.9 Å². The lowest BCUT2D eigenvalue weighted by Crippen LogP contribution is -2.18. The minimum Gasteiger partial charge on any atom is -0.493 e. The van der Waals surface area contributed by atoms with Crippen molar-refractivity contribution in [2.45, 2.75) is 6.61 Å². The van der Waals surface area contributed by atoms with Crippen LogP contribution in [-0.2, 0) is 6.61 Å². The molecule has 0 saturated carbocycles. The molecule has 0 aliphatic heterocycles. The minimum atomic E-state index is -0.442. The van der Waals surface area contributed by atoms with Crippen LogP contribution in [0.4, 0.5) is 0 Å². The van der Waals surface area contributed by atoms with Crippen LogP contribution in [-0.4, -0.2) is 19.2 Å². The van der Waals surface area contributed by atoms with Gasteiger partial charge in [0.25, 0.3) is 5.91 Å². The molecule has 3 aromatic carbocycles. The molecule has 0 fully saturated rings. The molecule has 1 amide bonds. The van der Waals surface area contributed by atoms with Gasteiger partial charge >= 0.3 is 0 Å². The number of methoxy groups -OCH3 is 1. The van der Waals surface area contributed by atoms with Crippen LogP contribution in [0.25, 0.3) is 0 Å². The number of halogens is 3. The number of hydrogen-bond acceptors (Lipinski definition) is 4. The predicted molar refractivity (Wildman–Crippen MR) is 120 cm³/mol. The summed E-state index contributed by atoms with van der Waals surface area (Å²) in [5.41, 5.74) is 4.41. The lowest BCUT2D eigenvalue weighted by atomic mass is 10.2. The van der Waals surface area contributed by atoms with Crippen molar-refractivity contribution >= 4 is 46.9 Å². The Morgan fingerprint density at radius 3 is 2.40 bits per heavy atom. The molecule has 0 saturated heterocycles. The number of carbonyl (C=O) groups excluding carboxylic acids is 1. The molecular weight excluding hydrogens is 447 g/mol. The average molecular weight is 464 g/mol. The Bertz CT molecular complexity index is 1070. The van der Waals surface area contributed by atoms with Gasteiger partial charge in [0.15, 0.2) is 11.5 Å². The van der Waals surface area contributed by atoms with Gasteiger partial charge in [-0.05, 0) is 59.7 Å². The summed E-state index contributed by atoms with van der Waals surface area (Å²) in [5.74, 6) is 0.685. The van der Waals surface area contributed by atoms with E-state index in [1.807, 2.05) is 24.3 Å². The van der Waals surface area contributed by atoms with E-state index in [0.29, 0.717) is 33.7 Å². The third kappa shape index (κ3) is 5.89. The van der Waals surface area contributed by atoms with E-state index in [2.05, 4.69) is 10.5 Å². The van der Waals surface area contributed by atoms with Gasteiger partial charge in [-0.2, -0.15) is 5.10 Å². The van der Waals surface area contributed by atoms with Gasteiger partial charge in [-0.3, -0.25) is 4.79 Å². The van der Waals surface area contributed by atoms with Gasteiger partial charge in [0.05, 0.1) is 23.9 Å². The maximum absolute atomic E-state index is 12.2. The molecule has 0 radical (unpaired) electrons. The van der Waals surface area contributed by atoms with E-state index in [9.17, 15) is 4.79 Å². The first-order valence-corrected chi connectivity index (χ1v) is 9.93. The highest BCUT2D eigenvalue weighted by molar-refractivity contribution is 6.36. The van der Waals surface area contributed by atoms with Crippen LogP contribution in [0.1, 0.15) is 21.5 Å². The Kier molecular flexibility index (Phi) is 7.57. The molecule has 0 aliphatic rings. The van der Waals surface area contributed by atoms with E-state index in [1.165, 1.54) is 18.3 Å². The lowest BCUT2D eigenvalue weighted by Gasteiger charge is -2.11. The van der Waals surface area contributed by atoms with E-state index in [-0.39, 0.29) is 10.6 Å². The van der Waals surface area contributed by atoms with Crippen LogP contribution in [0.5, 0.6) is 11.5 Å². The number of hydrazone groups is 1. The second-order valence-corrected chi connectivity index (χ2v) is 7.43. The van der Waals surface area contributed by atoms with Crippen molar-refractivity contribution in [1.29, 1.82) is 0 Å². The summed E-state index contributed by atoms with van der Waals surface area (Å²) < 4.78 is 11.2. The molecule has 0 unspecified atom stereocenters. The quantitative estimate of drug-likeness (QED) is 0.345. The smallest absolute Gasteiger partial charge is 0.272 e. The second-order valence-electron chi connectivity index (χ2n) is 6.15. The number of hydrogen-bond donors (Lipinski definition) is 1. The molecule has 3 rings (SSSR count). The first kappa shape index (κ1) is 22.0. The third-order valence-electron chi connectivity index (χ3n) is 4.05. The SMILES string of the molecule is COc1cc(C=NNC(=O)c2ccc(Cl)cc2Cl)ccc1OCc1ccc(Cl)cc1. The van der Waals surface area contributed by atoms with Gasteiger partial charge in [0.2, 0.25) is 0 Å². The number of benzene rings is 3. The minimum absolute atomic E-state index is 0.249. The first-order valence-electron chi connectivity index (χ1n) is 8.80. The van der Waals surface area contributed by atoms with E-state index in [1.54, 1.807) is 31.4 Å². The van der Waals surface area contributed by atoms with Crippen molar-refractivity contribution in [2.24, 2.45) is 5.10 Å². The largest absolute Gasteiger partial charge is 0.493 e. The van der Waals surface area contributed by atoms with E-state index < -0.39 is 5.91 Å². The second kappa shape index (κ2) is 10.3. The Balaban J connectivity index is 1.63. The molecule has 8 heteroatoms. The fraction of sp³-hybridized carbons (Fsp3) is 0.0909. The Labute approximate surface area is 189 Å². The van der Waals surface area contributed by atoms with Crippen molar-refractivity contribution in [1.82, 2.24) is 5.43 Å². The molecule has 3 aromatic rings. The zero-order chi connectivity index (χ0) is 21.5. The first-order chi connectivity index (χ1) is 14.5. The maximum atomic E-state index is 12.2. The van der Waals surface area contributed by atoms with Crippen molar-refractivity contribution in [2.75, 3.05) is 7.11 Å². The van der Waals surface area contributed by atoms with Gasteiger partial charge in [0.1, 0.15) is 6.61 Å². The van der Waals surface area contributed by atoms with E-state index in [0.717, 1.165) is 5.56 Å². The van der Waals surface area contributed by atoms with E-state index >= 15 is 0 Å². The van der Waals surface area contributed by atoms with Crippen LogP contribution in [0.3, 0.4) is 0 Å². The summed E-state index contributed by atoms with van der Waals surface area (Å²) in [4.78, 5) is 12.2. The highest BCUT2D eigenvalue weighted by atomic mass is 35.5. The van der Waals surface area contributed by atoms with Crippen molar-refractivity contribution in [3.05, 3.63) is 92.4 Å². The zero-order valence-electron chi connectivity index (χ0n) is 15.9. The number of nitrogens with one attached hydrogen (secondary N) is 1. The molecule has 0 spiro atoms. The summed E-state index contributed by atoms with van der Waals surface area (Å²) in [5, 5.41) is 5.33. The van der Waals surface area contributed by atoms with E-state index in [4.69, 9.17) is 44.3 Å². The predicted octanol–water partition coefficient (Wildman–Crippen LogP) is 6.00. The van der Waals surface area contributed by atoms with Gasteiger partial charge in [-0.15, -0.1) is 0 Å². The average Bonchev–Trinajstić information content (AvgIpc) is 2.73. The van der Waals surface area contributed by atoms with Gasteiger partial charge < -0.3 is 9.47 Å². The third-order valence-corrected chi connectivity index (χ3v) is 4.85. The molecular formula is C22H17Cl3N2O3. The number of ether oxygens (including phenoxy) is 2. The summed E-state index contributed by atoms with van der Waals surface area (Å²) in [6.45, 7) is 0.374.